The molecule has 2 heterocycles. The topological polar surface area (TPSA) is 105 Å². The van der Waals surface area contributed by atoms with Crippen molar-refractivity contribution in [2.75, 3.05) is 18.5 Å². The van der Waals surface area contributed by atoms with E-state index in [2.05, 4.69) is 41.4 Å². The third kappa shape index (κ3) is 8.10. The highest BCUT2D eigenvalue weighted by molar-refractivity contribution is 5.84. The Morgan fingerprint density at radius 1 is 1.20 bits per heavy atom. The molecule has 166 valence electrons. The number of hydrogen-bond donors (Lipinski definition) is 3. The van der Waals surface area contributed by atoms with E-state index in [0.717, 1.165) is 18.5 Å². The number of amides is 1. The third-order valence-corrected chi connectivity index (χ3v) is 4.77. The molecule has 0 saturated carbocycles. The van der Waals surface area contributed by atoms with Gasteiger partial charge in [-0.05, 0) is 31.6 Å². The average molecular weight is 417 g/mol. The highest BCUT2D eigenvalue weighted by Crippen LogP contribution is 2.16. The van der Waals surface area contributed by atoms with Crippen LogP contribution in [-0.4, -0.2) is 49.7 Å². The monoisotopic (exact) mass is 416 g/mol. The molecule has 8 heteroatoms. The number of carbonyl (C=O) groups excluding carboxylic acids is 1. The lowest BCUT2D eigenvalue weighted by atomic mass is 10.0. The Morgan fingerprint density at radius 3 is 2.70 bits per heavy atom. The lowest BCUT2D eigenvalue weighted by Gasteiger charge is -2.21. The summed E-state index contributed by atoms with van der Waals surface area (Å²) in [5.74, 6) is 1.45. The Kier molecular flexibility index (Phi) is 10.3. The lowest BCUT2D eigenvalue weighted by Crippen LogP contribution is -2.41. The zero-order chi connectivity index (χ0) is 21.8. The van der Waals surface area contributed by atoms with Gasteiger partial charge in [-0.1, -0.05) is 40.0 Å². The number of unbranched alkanes of at least 4 members (excludes halogenated alkanes) is 3. The standard InChI is InChI=1S/C22H36N6O2/c1-4-5-6-7-9-18-15-20(27-22(25-18)28-12-11-23-16-28)26-19(14-17(2)3)21(30)24-10-8-13-29/h11-12,15-17,19,29H,4-10,13-14H2,1-3H3,(H,24,30)(H,25,26,27). The van der Waals surface area contributed by atoms with Crippen molar-refractivity contribution in [3.05, 3.63) is 30.5 Å². The van der Waals surface area contributed by atoms with Crippen molar-refractivity contribution in [2.45, 2.75) is 71.8 Å². The maximum Gasteiger partial charge on any atom is 0.242 e. The fourth-order valence-corrected chi connectivity index (χ4v) is 3.21. The summed E-state index contributed by atoms with van der Waals surface area (Å²) in [6.07, 6.45) is 11.9. The second-order valence-corrected chi connectivity index (χ2v) is 8.02. The number of imidazole rings is 1. The molecule has 0 aliphatic rings. The van der Waals surface area contributed by atoms with Crippen molar-refractivity contribution >= 4 is 11.7 Å². The Morgan fingerprint density at radius 2 is 2.03 bits per heavy atom. The van der Waals surface area contributed by atoms with Crippen LogP contribution in [0.5, 0.6) is 0 Å². The smallest absolute Gasteiger partial charge is 0.242 e. The molecular formula is C22H36N6O2. The first kappa shape index (κ1) is 23.8. The van der Waals surface area contributed by atoms with Gasteiger partial charge in [0.25, 0.3) is 0 Å². The SMILES string of the molecule is CCCCCCc1cc(NC(CC(C)C)C(=O)NCCCO)nc(-n2ccnc2)n1. The average Bonchev–Trinajstić information content (AvgIpc) is 3.25. The van der Waals surface area contributed by atoms with Gasteiger partial charge in [-0.25, -0.2) is 9.97 Å². The summed E-state index contributed by atoms with van der Waals surface area (Å²) in [5.41, 5.74) is 0.955. The van der Waals surface area contributed by atoms with Gasteiger partial charge in [0.1, 0.15) is 18.2 Å². The predicted molar refractivity (Wildman–Crippen MR) is 119 cm³/mol. The lowest BCUT2D eigenvalue weighted by molar-refractivity contribution is -0.122. The molecule has 0 spiro atoms. The summed E-state index contributed by atoms with van der Waals surface area (Å²) >= 11 is 0. The molecule has 0 aromatic carbocycles. The minimum absolute atomic E-state index is 0.0596. The van der Waals surface area contributed by atoms with Gasteiger partial charge in [0, 0.05) is 37.3 Å². The number of rotatable bonds is 14. The number of aromatic nitrogens is 4. The number of aryl methyl sites for hydroxylation is 1. The Bertz CT molecular complexity index is 748. The summed E-state index contributed by atoms with van der Waals surface area (Å²) in [6, 6.07) is 1.54. The van der Waals surface area contributed by atoms with Crippen LogP contribution in [-0.2, 0) is 11.2 Å². The molecular weight excluding hydrogens is 380 g/mol. The molecule has 30 heavy (non-hydrogen) atoms. The zero-order valence-corrected chi connectivity index (χ0v) is 18.5. The Balaban J connectivity index is 2.20. The number of aliphatic hydroxyl groups is 1. The van der Waals surface area contributed by atoms with Crippen LogP contribution in [0.2, 0.25) is 0 Å². The van der Waals surface area contributed by atoms with Crippen molar-refractivity contribution in [3.8, 4) is 5.95 Å². The van der Waals surface area contributed by atoms with Gasteiger partial charge < -0.3 is 15.7 Å². The summed E-state index contributed by atoms with van der Waals surface area (Å²) < 4.78 is 1.78. The fraction of sp³-hybridized carbons (Fsp3) is 0.636. The van der Waals surface area contributed by atoms with Crippen molar-refractivity contribution in [3.63, 3.8) is 0 Å². The molecule has 1 amide bonds. The van der Waals surface area contributed by atoms with Crippen LogP contribution in [0.3, 0.4) is 0 Å². The van der Waals surface area contributed by atoms with Crippen molar-refractivity contribution < 1.29 is 9.90 Å². The second-order valence-electron chi connectivity index (χ2n) is 8.02. The summed E-state index contributed by atoms with van der Waals surface area (Å²) in [7, 11) is 0. The van der Waals surface area contributed by atoms with Crippen LogP contribution < -0.4 is 10.6 Å². The second kappa shape index (κ2) is 13.0. The minimum atomic E-state index is -0.401. The predicted octanol–water partition coefficient (Wildman–Crippen LogP) is 3.11. The molecule has 1 unspecified atom stereocenters. The highest BCUT2D eigenvalue weighted by Gasteiger charge is 2.20. The number of anilines is 1. The van der Waals surface area contributed by atoms with Gasteiger partial charge in [0.05, 0.1) is 0 Å². The maximum absolute atomic E-state index is 12.7. The van der Waals surface area contributed by atoms with Gasteiger partial charge >= 0.3 is 0 Å². The van der Waals surface area contributed by atoms with E-state index in [1.54, 1.807) is 17.1 Å². The van der Waals surface area contributed by atoms with Gasteiger partial charge in [0.15, 0.2) is 0 Å². The molecule has 0 radical (unpaired) electrons. The molecule has 0 fully saturated rings. The van der Waals surface area contributed by atoms with Gasteiger partial charge in [-0.2, -0.15) is 4.98 Å². The first-order valence-electron chi connectivity index (χ1n) is 11.0. The van der Waals surface area contributed by atoms with Crippen molar-refractivity contribution in [2.24, 2.45) is 5.92 Å². The maximum atomic E-state index is 12.7. The summed E-state index contributed by atoms with van der Waals surface area (Å²) in [4.78, 5) is 26.1. The summed E-state index contributed by atoms with van der Waals surface area (Å²) in [5, 5.41) is 15.2. The first-order chi connectivity index (χ1) is 14.5. The van der Waals surface area contributed by atoms with Crippen LogP contribution in [0.15, 0.2) is 24.8 Å². The van der Waals surface area contributed by atoms with Crippen molar-refractivity contribution in [1.82, 2.24) is 24.8 Å². The van der Waals surface area contributed by atoms with Crippen LogP contribution in [0.4, 0.5) is 5.82 Å². The minimum Gasteiger partial charge on any atom is -0.396 e. The van der Waals surface area contributed by atoms with Crippen LogP contribution >= 0.6 is 0 Å². The van der Waals surface area contributed by atoms with Gasteiger partial charge in [0.2, 0.25) is 11.9 Å². The molecule has 8 nitrogen and oxygen atoms in total. The first-order valence-corrected chi connectivity index (χ1v) is 11.0. The van der Waals surface area contributed by atoms with E-state index >= 15 is 0 Å². The molecule has 2 rings (SSSR count). The molecule has 3 N–H and O–H groups in total. The number of nitrogens with zero attached hydrogens (tertiary/aromatic N) is 4. The summed E-state index contributed by atoms with van der Waals surface area (Å²) in [6.45, 7) is 6.89. The largest absolute Gasteiger partial charge is 0.396 e. The highest BCUT2D eigenvalue weighted by atomic mass is 16.3. The number of carbonyl (C=O) groups is 1. The van der Waals surface area contributed by atoms with E-state index in [4.69, 9.17) is 10.1 Å². The van der Waals surface area contributed by atoms with E-state index in [-0.39, 0.29) is 12.5 Å². The Labute approximate surface area is 179 Å². The van der Waals surface area contributed by atoms with Crippen LogP contribution in [0.25, 0.3) is 5.95 Å². The third-order valence-electron chi connectivity index (χ3n) is 4.77. The number of hydrogen-bond acceptors (Lipinski definition) is 6. The van der Waals surface area contributed by atoms with Crippen LogP contribution in [0.1, 0.15) is 65.0 Å². The molecule has 0 saturated heterocycles. The van der Waals surface area contributed by atoms with Crippen molar-refractivity contribution in [1.29, 1.82) is 0 Å². The molecule has 0 aliphatic carbocycles. The molecule has 0 aliphatic heterocycles. The van der Waals surface area contributed by atoms with E-state index in [0.29, 0.717) is 37.1 Å². The fourth-order valence-electron chi connectivity index (χ4n) is 3.21. The Hall–Kier alpha value is -2.48. The van der Waals surface area contributed by atoms with E-state index in [1.807, 2.05) is 12.3 Å². The quantitative estimate of drug-likeness (QED) is 0.409. The van der Waals surface area contributed by atoms with E-state index < -0.39 is 6.04 Å². The van der Waals surface area contributed by atoms with Gasteiger partial charge in [-0.15, -0.1) is 0 Å². The van der Waals surface area contributed by atoms with E-state index in [9.17, 15) is 4.79 Å². The molecule has 2 aromatic rings. The van der Waals surface area contributed by atoms with E-state index in [1.165, 1.54) is 19.3 Å². The van der Waals surface area contributed by atoms with Gasteiger partial charge in [-0.3, -0.25) is 9.36 Å². The van der Waals surface area contributed by atoms with Crippen LogP contribution in [0, 0.1) is 5.92 Å². The normalized spacial score (nSPS) is 12.2. The molecule has 0 bridgehead atoms. The molecule has 1 atom stereocenters. The molecule has 2 aromatic heterocycles. The number of nitrogens with one attached hydrogen (secondary N) is 2. The zero-order valence-electron chi connectivity index (χ0n) is 18.5. The number of aliphatic hydroxyl groups excluding tert-OH is 1.